The van der Waals surface area contributed by atoms with E-state index in [4.69, 9.17) is 5.73 Å². The maximum Gasteiger partial charge on any atom is 0.227 e. The van der Waals surface area contributed by atoms with E-state index in [0.717, 1.165) is 6.04 Å². The molecule has 0 saturated heterocycles. The Bertz CT molecular complexity index is 434. The highest BCUT2D eigenvalue weighted by molar-refractivity contribution is 6.56. The highest BCUT2D eigenvalue weighted by Crippen LogP contribution is 2.48. The second-order valence-corrected chi connectivity index (χ2v) is 9.56. The van der Waals surface area contributed by atoms with Crippen LogP contribution in [0.5, 0.6) is 0 Å². The van der Waals surface area contributed by atoms with Crippen molar-refractivity contribution < 1.29 is 4.79 Å². The fraction of sp³-hybridized carbons (Fsp3) is 0.667. The molecule has 2 N–H and O–H groups in total. The Balaban J connectivity index is 3.31. The first kappa shape index (κ1) is 15.2. The van der Waals surface area contributed by atoms with Gasteiger partial charge in [-0.3, -0.25) is 4.79 Å². The van der Waals surface area contributed by atoms with Gasteiger partial charge in [-0.15, -0.1) is 0 Å². The van der Waals surface area contributed by atoms with Gasteiger partial charge in [0.25, 0.3) is 0 Å². The SMILES string of the molecule is CC1=C(C)C(C)C(C(C)(C[SiH](C)C)C(N)=O)=C1C. The van der Waals surface area contributed by atoms with Gasteiger partial charge >= 0.3 is 0 Å². The summed E-state index contributed by atoms with van der Waals surface area (Å²) in [5.74, 6) is 0.197. The minimum absolute atomic E-state index is 0.160. The first-order chi connectivity index (χ1) is 8.12. The van der Waals surface area contributed by atoms with Crippen LogP contribution in [0.2, 0.25) is 19.1 Å². The Morgan fingerprint density at radius 1 is 1.28 bits per heavy atom. The van der Waals surface area contributed by atoms with Gasteiger partial charge in [0, 0.05) is 8.80 Å². The molecule has 3 heteroatoms. The fourth-order valence-corrected chi connectivity index (χ4v) is 5.47. The third-order valence-corrected chi connectivity index (χ3v) is 6.23. The molecule has 0 aromatic heterocycles. The van der Waals surface area contributed by atoms with Gasteiger partial charge in [0.15, 0.2) is 0 Å². The van der Waals surface area contributed by atoms with Crippen LogP contribution in [-0.2, 0) is 4.79 Å². The number of allylic oxidation sites excluding steroid dienone is 3. The number of carbonyl (C=O) groups excluding carboxylic acids is 1. The molecule has 0 bridgehead atoms. The number of primary amides is 1. The van der Waals surface area contributed by atoms with E-state index in [0.29, 0.717) is 5.92 Å². The molecule has 1 aliphatic carbocycles. The Morgan fingerprint density at radius 3 is 2.06 bits per heavy atom. The smallest absolute Gasteiger partial charge is 0.227 e. The molecule has 2 nitrogen and oxygen atoms in total. The van der Waals surface area contributed by atoms with Crippen molar-refractivity contribution in [1.29, 1.82) is 0 Å². The van der Waals surface area contributed by atoms with Gasteiger partial charge in [0.1, 0.15) is 0 Å². The quantitative estimate of drug-likeness (QED) is 0.779. The lowest BCUT2D eigenvalue weighted by Gasteiger charge is -2.33. The number of amides is 1. The van der Waals surface area contributed by atoms with E-state index in [1.165, 1.54) is 22.3 Å². The van der Waals surface area contributed by atoms with Crippen LogP contribution in [0.1, 0.15) is 34.6 Å². The molecule has 2 unspecified atom stereocenters. The molecule has 2 atom stereocenters. The highest BCUT2D eigenvalue weighted by atomic mass is 28.3. The molecular weight excluding hydrogens is 238 g/mol. The third-order valence-electron chi connectivity index (χ3n) is 4.60. The summed E-state index contributed by atoms with van der Waals surface area (Å²) in [4.78, 5) is 12.0. The second-order valence-electron chi connectivity index (χ2n) is 6.36. The molecule has 0 aliphatic heterocycles. The summed E-state index contributed by atoms with van der Waals surface area (Å²) in [6, 6.07) is 0.958. The van der Waals surface area contributed by atoms with Crippen LogP contribution in [0.4, 0.5) is 0 Å². The summed E-state index contributed by atoms with van der Waals surface area (Å²) in [6.45, 7) is 15.3. The molecular formula is C15H27NOSi. The zero-order valence-electron chi connectivity index (χ0n) is 12.8. The van der Waals surface area contributed by atoms with E-state index in [-0.39, 0.29) is 5.91 Å². The van der Waals surface area contributed by atoms with Gasteiger partial charge in [-0.05, 0) is 56.4 Å². The second kappa shape index (κ2) is 5.04. The van der Waals surface area contributed by atoms with Gasteiger partial charge in [0.05, 0.1) is 5.41 Å². The molecule has 0 heterocycles. The fourth-order valence-electron chi connectivity index (χ4n) is 3.42. The molecule has 0 aromatic carbocycles. The molecule has 18 heavy (non-hydrogen) atoms. The summed E-state index contributed by atoms with van der Waals surface area (Å²) in [5.41, 5.74) is 10.6. The summed E-state index contributed by atoms with van der Waals surface area (Å²) < 4.78 is 0. The predicted molar refractivity (Wildman–Crippen MR) is 81.2 cm³/mol. The topological polar surface area (TPSA) is 43.1 Å². The Hall–Kier alpha value is -0.833. The maximum atomic E-state index is 12.0. The van der Waals surface area contributed by atoms with Gasteiger partial charge < -0.3 is 5.73 Å². The van der Waals surface area contributed by atoms with Crippen LogP contribution in [0.25, 0.3) is 0 Å². The van der Waals surface area contributed by atoms with Crippen LogP contribution < -0.4 is 5.73 Å². The van der Waals surface area contributed by atoms with Crippen LogP contribution >= 0.6 is 0 Å². The van der Waals surface area contributed by atoms with Crippen molar-refractivity contribution >= 4 is 14.7 Å². The number of carbonyl (C=O) groups is 1. The third kappa shape index (κ3) is 2.33. The largest absolute Gasteiger partial charge is 0.369 e. The number of nitrogens with two attached hydrogens (primary N) is 1. The van der Waals surface area contributed by atoms with E-state index in [1.807, 2.05) is 6.92 Å². The first-order valence-electron chi connectivity index (χ1n) is 6.81. The maximum absolute atomic E-state index is 12.0. The zero-order chi connectivity index (χ0) is 14.2. The van der Waals surface area contributed by atoms with E-state index >= 15 is 0 Å². The lowest BCUT2D eigenvalue weighted by molar-refractivity contribution is -0.124. The summed E-state index contributed by atoms with van der Waals surface area (Å²) in [6.07, 6.45) is 0. The molecule has 102 valence electrons. The molecule has 0 aromatic rings. The van der Waals surface area contributed by atoms with Crippen LogP contribution in [-0.4, -0.2) is 14.7 Å². The molecule has 1 aliphatic rings. The van der Waals surface area contributed by atoms with Crippen molar-refractivity contribution in [2.45, 2.75) is 53.8 Å². The molecule has 0 radical (unpaired) electrons. The number of hydrogen-bond acceptors (Lipinski definition) is 1. The monoisotopic (exact) mass is 265 g/mol. The Morgan fingerprint density at radius 2 is 1.78 bits per heavy atom. The Kier molecular flexibility index (Phi) is 4.26. The average Bonchev–Trinajstić information content (AvgIpc) is 2.42. The summed E-state index contributed by atoms with van der Waals surface area (Å²) in [7, 11) is -0.857. The minimum atomic E-state index is -0.857. The normalized spacial score (nSPS) is 23.9. The van der Waals surface area contributed by atoms with Crippen LogP contribution in [0, 0.1) is 11.3 Å². The van der Waals surface area contributed by atoms with Gasteiger partial charge in [-0.1, -0.05) is 25.6 Å². The van der Waals surface area contributed by atoms with Gasteiger partial charge in [-0.25, -0.2) is 0 Å². The van der Waals surface area contributed by atoms with E-state index in [9.17, 15) is 4.79 Å². The average molecular weight is 265 g/mol. The van der Waals surface area contributed by atoms with Crippen LogP contribution in [0.3, 0.4) is 0 Å². The molecule has 0 fully saturated rings. The highest BCUT2D eigenvalue weighted by Gasteiger charge is 2.42. The van der Waals surface area contributed by atoms with Crippen molar-refractivity contribution in [2.75, 3.05) is 0 Å². The van der Waals surface area contributed by atoms with Crippen molar-refractivity contribution in [3.63, 3.8) is 0 Å². The lowest BCUT2D eigenvalue weighted by atomic mass is 9.75. The van der Waals surface area contributed by atoms with E-state index in [1.54, 1.807) is 0 Å². The molecule has 0 saturated carbocycles. The lowest BCUT2D eigenvalue weighted by Crippen LogP contribution is -2.40. The van der Waals surface area contributed by atoms with Crippen molar-refractivity contribution in [3.05, 3.63) is 22.3 Å². The number of hydrogen-bond donors (Lipinski definition) is 1. The van der Waals surface area contributed by atoms with Gasteiger partial charge in [-0.2, -0.15) is 0 Å². The zero-order valence-corrected chi connectivity index (χ0v) is 14.0. The van der Waals surface area contributed by atoms with E-state index in [2.05, 4.69) is 40.8 Å². The standard InChI is InChI=1S/C15H27NOSi/c1-9-10(2)12(4)13(11(9)3)15(5,14(16)17)8-18(6)7/h11,18H,8H2,1-7H3,(H2,16,17). The van der Waals surface area contributed by atoms with Crippen molar-refractivity contribution in [1.82, 2.24) is 0 Å². The first-order valence-corrected chi connectivity index (χ1v) is 9.94. The predicted octanol–water partition coefficient (Wildman–Crippen LogP) is 3.27. The molecule has 0 spiro atoms. The molecule has 1 amide bonds. The summed E-state index contributed by atoms with van der Waals surface area (Å²) >= 11 is 0. The van der Waals surface area contributed by atoms with Crippen molar-refractivity contribution in [2.24, 2.45) is 17.1 Å². The summed E-state index contributed by atoms with van der Waals surface area (Å²) in [5, 5.41) is 0. The van der Waals surface area contributed by atoms with Gasteiger partial charge in [0.2, 0.25) is 5.91 Å². The molecule has 1 rings (SSSR count). The van der Waals surface area contributed by atoms with Crippen LogP contribution in [0.15, 0.2) is 22.3 Å². The Labute approximate surface area is 113 Å². The number of rotatable bonds is 4. The van der Waals surface area contributed by atoms with E-state index < -0.39 is 14.2 Å². The van der Waals surface area contributed by atoms with Crippen molar-refractivity contribution in [3.8, 4) is 0 Å². The minimum Gasteiger partial charge on any atom is -0.369 e.